The quantitative estimate of drug-likeness (QED) is 0.324. The Hall–Kier alpha value is -3.45. The van der Waals surface area contributed by atoms with Gasteiger partial charge < -0.3 is 10.1 Å². The Morgan fingerprint density at radius 2 is 1.92 bits per heavy atom. The molecule has 0 aliphatic heterocycles. The summed E-state index contributed by atoms with van der Waals surface area (Å²) in [6, 6.07) is 12.3. The molecule has 0 bridgehead atoms. The zero-order chi connectivity index (χ0) is 17.8. The molecule has 7 heteroatoms. The molecule has 126 valence electrons. The molecule has 3 rings (SSSR count). The van der Waals surface area contributed by atoms with Crippen molar-refractivity contribution < 1.29 is 19.9 Å². The van der Waals surface area contributed by atoms with Gasteiger partial charge in [0.1, 0.15) is 5.82 Å². The average Bonchev–Trinajstić information content (AvgIpc) is 3.02. The SMILES string of the molecule is O=C(C=Cc1ccc(Cc2nc3ccc(C(=O)O)cc3[nH]2)cc1)NO. The van der Waals surface area contributed by atoms with Crippen molar-refractivity contribution in [1.29, 1.82) is 0 Å². The molecule has 0 atom stereocenters. The van der Waals surface area contributed by atoms with Crippen LogP contribution < -0.4 is 5.48 Å². The summed E-state index contributed by atoms with van der Waals surface area (Å²) >= 11 is 0. The molecule has 25 heavy (non-hydrogen) atoms. The number of aromatic nitrogens is 2. The van der Waals surface area contributed by atoms with Gasteiger partial charge in [0, 0.05) is 12.5 Å². The third-order valence-electron chi connectivity index (χ3n) is 3.67. The average molecular weight is 337 g/mol. The Morgan fingerprint density at radius 3 is 2.60 bits per heavy atom. The first-order valence-corrected chi connectivity index (χ1v) is 7.48. The number of carbonyl (C=O) groups is 2. The van der Waals surface area contributed by atoms with E-state index in [1.165, 1.54) is 17.6 Å². The Bertz CT molecular complexity index is 958. The maximum Gasteiger partial charge on any atom is 0.335 e. The molecule has 0 unspecified atom stereocenters. The van der Waals surface area contributed by atoms with E-state index < -0.39 is 11.9 Å². The van der Waals surface area contributed by atoms with Crippen LogP contribution in [0.1, 0.15) is 27.3 Å². The smallest absolute Gasteiger partial charge is 0.335 e. The van der Waals surface area contributed by atoms with E-state index in [9.17, 15) is 9.59 Å². The van der Waals surface area contributed by atoms with Crippen LogP contribution >= 0.6 is 0 Å². The summed E-state index contributed by atoms with van der Waals surface area (Å²) in [6.07, 6.45) is 3.39. The highest BCUT2D eigenvalue weighted by molar-refractivity contribution is 5.92. The normalized spacial score (nSPS) is 11.1. The summed E-state index contributed by atoms with van der Waals surface area (Å²) in [5.41, 5.74) is 4.98. The highest BCUT2D eigenvalue weighted by atomic mass is 16.5. The van der Waals surface area contributed by atoms with Crippen molar-refractivity contribution in [2.45, 2.75) is 6.42 Å². The predicted molar refractivity (Wildman–Crippen MR) is 91.3 cm³/mol. The first-order chi connectivity index (χ1) is 12.0. The van der Waals surface area contributed by atoms with Crippen molar-refractivity contribution in [2.75, 3.05) is 0 Å². The first kappa shape index (κ1) is 16.4. The number of hydrogen-bond donors (Lipinski definition) is 4. The number of rotatable bonds is 5. The van der Waals surface area contributed by atoms with Crippen molar-refractivity contribution in [1.82, 2.24) is 15.4 Å². The molecule has 1 amide bonds. The largest absolute Gasteiger partial charge is 0.478 e. The van der Waals surface area contributed by atoms with Gasteiger partial charge in [-0.3, -0.25) is 10.0 Å². The molecule has 0 saturated carbocycles. The molecule has 7 nitrogen and oxygen atoms in total. The number of carboxylic acid groups (broad SMARTS) is 1. The molecule has 0 fully saturated rings. The topological polar surface area (TPSA) is 115 Å². The van der Waals surface area contributed by atoms with Gasteiger partial charge >= 0.3 is 5.97 Å². The van der Waals surface area contributed by atoms with E-state index in [0.717, 1.165) is 22.5 Å². The van der Waals surface area contributed by atoms with Gasteiger partial charge in [-0.05, 0) is 35.4 Å². The molecule has 1 heterocycles. The van der Waals surface area contributed by atoms with Gasteiger partial charge in [-0.1, -0.05) is 24.3 Å². The number of fused-ring (bicyclic) bond motifs is 1. The van der Waals surface area contributed by atoms with Crippen molar-refractivity contribution >= 4 is 29.0 Å². The lowest BCUT2D eigenvalue weighted by Gasteiger charge is -1.99. The minimum Gasteiger partial charge on any atom is -0.478 e. The second-order valence-corrected chi connectivity index (χ2v) is 5.45. The van der Waals surface area contributed by atoms with E-state index >= 15 is 0 Å². The number of nitrogens with zero attached hydrogens (tertiary/aromatic N) is 1. The van der Waals surface area contributed by atoms with Crippen LogP contribution in [-0.4, -0.2) is 32.2 Å². The third-order valence-corrected chi connectivity index (χ3v) is 3.67. The van der Waals surface area contributed by atoms with E-state index in [1.54, 1.807) is 18.2 Å². The summed E-state index contributed by atoms with van der Waals surface area (Å²) in [6.45, 7) is 0. The Labute approximate surface area is 142 Å². The Kier molecular flexibility index (Phi) is 4.58. The van der Waals surface area contributed by atoms with Crippen LogP contribution in [0.3, 0.4) is 0 Å². The number of hydroxylamine groups is 1. The highest BCUT2D eigenvalue weighted by Gasteiger charge is 2.08. The number of benzene rings is 2. The van der Waals surface area contributed by atoms with Gasteiger partial charge in [0.2, 0.25) is 0 Å². The first-order valence-electron chi connectivity index (χ1n) is 7.48. The number of hydrogen-bond acceptors (Lipinski definition) is 4. The van der Waals surface area contributed by atoms with Crippen LogP contribution in [0.2, 0.25) is 0 Å². The van der Waals surface area contributed by atoms with Gasteiger partial charge in [0.05, 0.1) is 16.6 Å². The maximum absolute atomic E-state index is 11.0. The molecule has 4 N–H and O–H groups in total. The molecular formula is C18H15N3O4. The maximum atomic E-state index is 11.0. The molecular weight excluding hydrogens is 322 g/mol. The van der Waals surface area contributed by atoms with E-state index in [4.69, 9.17) is 10.3 Å². The molecule has 2 aromatic carbocycles. The monoisotopic (exact) mass is 337 g/mol. The minimum absolute atomic E-state index is 0.214. The second kappa shape index (κ2) is 6.98. The zero-order valence-electron chi connectivity index (χ0n) is 13.1. The van der Waals surface area contributed by atoms with Gasteiger partial charge in [0.15, 0.2) is 0 Å². The molecule has 0 spiro atoms. The third kappa shape index (κ3) is 3.91. The lowest BCUT2D eigenvalue weighted by atomic mass is 10.1. The van der Waals surface area contributed by atoms with E-state index in [1.807, 2.05) is 24.3 Å². The summed E-state index contributed by atoms with van der Waals surface area (Å²) < 4.78 is 0. The number of aromatic amines is 1. The lowest BCUT2D eigenvalue weighted by Crippen LogP contribution is -2.14. The number of amides is 1. The zero-order valence-corrected chi connectivity index (χ0v) is 13.1. The van der Waals surface area contributed by atoms with Crippen LogP contribution in [0.5, 0.6) is 0 Å². The lowest BCUT2D eigenvalue weighted by molar-refractivity contribution is -0.124. The number of H-pyrrole nitrogens is 1. The molecule has 0 aliphatic carbocycles. The van der Waals surface area contributed by atoms with Gasteiger partial charge in [-0.2, -0.15) is 0 Å². The Balaban J connectivity index is 1.75. The van der Waals surface area contributed by atoms with Crippen LogP contribution in [0.25, 0.3) is 17.1 Å². The van der Waals surface area contributed by atoms with E-state index in [0.29, 0.717) is 11.9 Å². The Morgan fingerprint density at radius 1 is 1.16 bits per heavy atom. The number of carbonyl (C=O) groups excluding carboxylic acids is 1. The summed E-state index contributed by atoms with van der Waals surface area (Å²) in [5.74, 6) is -0.829. The number of nitrogens with one attached hydrogen (secondary N) is 2. The van der Waals surface area contributed by atoms with Crippen molar-refractivity contribution in [3.8, 4) is 0 Å². The fourth-order valence-corrected chi connectivity index (χ4v) is 2.43. The van der Waals surface area contributed by atoms with Crippen molar-refractivity contribution in [3.63, 3.8) is 0 Å². The number of carboxylic acids is 1. The van der Waals surface area contributed by atoms with Crippen LogP contribution in [0.15, 0.2) is 48.5 Å². The van der Waals surface area contributed by atoms with Gasteiger partial charge in [0.25, 0.3) is 5.91 Å². The molecule has 0 radical (unpaired) electrons. The summed E-state index contributed by atoms with van der Waals surface area (Å²) in [4.78, 5) is 29.5. The highest BCUT2D eigenvalue weighted by Crippen LogP contribution is 2.16. The molecule has 0 saturated heterocycles. The van der Waals surface area contributed by atoms with Crippen LogP contribution in [-0.2, 0) is 11.2 Å². The summed E-state index contributed by atoms with van der Waals surface area (Å²) in [5, 5.41) is 17.5. The van der Waals surface area contributed by atoms with Crippen molar-refractivity contribution in [2.24, 2.45) is 0 Å². The fraction of sp³-hybridized carbons (Fsp3) is 0.0556. The van der Waals surface area contributed by atoms with Crippen LogP contribution in [0, 0.1) is 0 Å². The molecule has 0 aliphatic rings. The molecule has 3 aromatic rings. The molecule has 1 aromatic heterocycles. The fourth-order valence-electron chi connectivity index (χ4n) is 2.43. The van der Waals surface area contributed by atoms with Crippen LogP contribution in [0.4, 0.5) is 0 Å². The standard InChI is InChI=1S/C18H15N3O4/c22-17(21-25)8-5-11-1-3-12(4-2-11)9-16-19-14-7-6-13(18(23)24)10-15(14)20-16/h1-8,10,25H,9H2,(H,19,20)(H,21,22)(H,23,24). The van der Waals surface area contributed by atoms with Crippen molar-refractivity contribution in [3.05, 3.63) is 71.1 Å². The predicted octanol–water partition coefficient (Wildman–Crippen LogP) is 2.37. The van der Waals surface area contributed by atoms with Gasteiger partial charge in [-0.25, -0.2) is 15.3 Å². The minimum atomic E-state index is -0.975. The second-order valence-electron chi connectivity index (χ2n) is 5.45. The van der Waals surface area contributed by atoms with E-state index in [-0.39, 0.29) is 5.56 Å². The number of aromatic carboxylic acids is 1. The van der Waals surface area contributed by atoms with E-state index in [2.05, 4.69) is 9.97 Å². The van der Waals surface area contributed by atoms with Gasteiger partial charge in [-0.15, -0.1) is 0 Å². The summed E-state index contributed by atoms with van der Waals surface area (Å²) in [7, 11) is 0. The number of imidazole rings is 1.